The first kappa shape index (κ1) is 18.8. The summed E-state index contributed by atoms with van der Waals surface area (Å²) in [6.45, 7) is 2.89. The molecule has 27 heavy (non-hydrogen) atoms. The molecule has 8 heteroatoms. The molecule has 8 nitrogen and oxygen atoms in total. The molecule has 0 spiro atoms. The Morgan fingerprint density at radius 2 is 1.70 bits per heavy atom. The van der Waals surface area contributed by atoms with E-state index in [4.69, 9.17) is 18.9 Å². The number of carbonyl (C=O) groups excluding carboxylic acids is 1. The maximum atomic E-state index is 12.7. The van der Waals surface area contributed by atoms with Gasteiger partial charge < -0.3 is 29.2 Å². The van der Waals surface area contributed by atoms with E-state index in [0.717, 1.165) is 18.8 Å². The van der Waals surface area contributed by atoms with Crippen LogP contribution in [0.5, 0.6) is 17.2 Å². The van der Waals surface area contributed by atoms with Crippen molar-refractivity contribution < 1.29 is 23.7 Å². The van der Waals surface area contributed by atoms with Crippen molar-refractivity contribution in [2.75, 3.05) is 57.8 Å². The average molecular weight is 373 g/mol. The van der Waals surface area contributed by atoms with Crippen molar-refractivity contribution in [2.24, 2.45) is 0 Å². The summed E-state index contributed by atoms with van der Waals surface area (Å²) in [6.07, 6.45) is 3.29. The van der Waals surface area contributed by atoms with Crippen LogP contribution in [-0.2, 0) is 4.74 Å². The van der Waals surface area contributed by atoms with Gasteiger partial charge in [0.1, 0.15) is 0 Å². The van der Waals surface area contributed by atoms with Gasteiger partial charge in [-0.3, -0.25) is 9.78 Å². The Labute approximate surface area is 158 Å². The molecule has 0 atom stereocenters. The average Bonchev–Trinajstić information content (AvgIpc) is 2.73. The number of amides is 1. The molecular formula is C19H23N3O5. The van der Waals surface area contributed by atoms with E-state index in [1.54, 1.807) is 18.3 Å². The molecule has 0 bridgehead atoms. The topological polar surface area (TPSA) is 82.2 Å². The van der Waals surface area contributed by atoms with Gasteiger partial charge in [-0.1, -0.05) is 0 Å². The van der Waals surface area contributed by atoms with Crippen LogP contribution in [0.1, 0.15) is 10.4 Å². The van der Waals surface area contributed by atoms with Crippen LogP contribution in [0.3, 0.4) is 0 Å². The van der Waals surface area contributed by atoms with Crippen LogP contribution in [-0.4, -0.2) is 58.5 Å². The van der Waals surface area contributed by atoms with E-state index < -0.39 is 0 Å². The fourth-order valence-corrected chi connectivity index (χ4v) is 2.90. The van der Waals surface area contributed by atoms with Gasteiger partial charge in [0.25, 0.3) is 5.91 Å². The lowest BCUT2D eigenvalue weighted by molar-refractivity contribution is 0.102. The molecule has 1 aromatic carbocycles. The van der Waals surface area contributed by atoms with Gasteiger partial charge in [-0.05, 0) is 6.07 Å². The van der Waals surface area contributed by atoms with Crippen molar-refractivity contribution >= 4 is 17.3 Å². The Balaban J connectivity index is 1.81. The van der Waals surface area contributed by atoms with Gasteiger partial charge in [0.05, 0.1) is 52.0 Å². The minimum Gasteiger partial charge on any atom is -0.493 e. The predicted octanol–water partition coefficient (Wildman–Crippen LogP) is 2.20. The monoisotopic (exact) mass is 373 g/mol. The van der Waals surface area contributed by atoms with Crippen molar-refractivity contribution in [1.29, 1.82) is 0 Å². The molecule has 2 heterocycles. The number of methoxy groups -OCH3 is 3. The Kier molecular flexibility index (Phi) is 5.97. The number of morpholine rings is 1. The van der Waals surface area contributed by atoms with Crippen molar-refractivity contribution in [2.45, 2.75) is 0 Å². The number of carbonyl (C=O) groups is 1. The van der Waals surface area contributed by atoms with Crippen LogP contribution in [0, 0.1) is 0 Å². The van der Waals surface area contributed by atoms with E-state index in [-0.39, 0.29) is 5.91 Å². The lowest BCUT2D eigenvalue weighted by Gasteiger charge is -2.28. The predicted molar refractivity (Wildman–Crippen MR) is 101 cm³/mol. The van der Waals surface area contributed by atoms with E-state index in [1.807, 2.05) is 6.07 Å². The molecule has 2 aromatic rings. The standard InChI is InChI=1S/C19H23N3O5/c1-24-16-9-14(10-17(25-2)18(16)26-3)21-19(23)13-8-15(12-20-11-13)22-4-6-27-7-5-22/h8-12H,4-7H2,1-3H3,(H,21,23). The van der Waals surface area contributed by atoms with Gasteiger partial charge in [0, 0.05) is 37.1 Å². The molecule has 1 saturated heterocycles. The van der Waals surface area contributed by atoms with Crippen molar-refractivity contribution in [3.8, 4) is 17.2 Å². The molecule has 144 valence electrons. The van der Waals surface area contributed by atoms with Crippen molar-refractivity contribution in [3.05, 3.63) is 36.2 Å². The zero-order valence-electron chi connectivity index (χ0n) is 15.7. The third-order valence-corrected chi connectivity index (χ3v) is 4.28. The number of aromatic nitrogens is 1. The summed E-state index contributed by atoms with van der Waals surface area (Å²) in [7, 11) is 4.58. The number of pyridine rings is 1. The molecule has 1 aromatic heterocycles. The molecule has 0 radical (unpaired) electrons. The van der Waals surface area contributed by atoms with Crippen LogP contribution in [0.25, 0.3) is 0 Å². The third kappa shape index (κ3) is 4.22. The second-order valence-corrected chi connectivity index (χ2v) is 5.90. The zero-order valence-corrected chi connectivity index (χ0v) is 15.7. The van der Waals surface area contributed by atoms with Crippen molar-refractivity contribution in [1.82, 2.24) is 4.98 Å². The number of rotatable bonds is 6. The van der Waals surface area contributed by atoms with Gasteiger partial charge in [-0.2, -0.15) is 0 Å². The minimum atomic E-state index is -0.271. The number of anilines is 2. The van der Waals surface area contributed by atoms with E-state index in [2.05, 4.69) is 15.2 Å². The summed E-state index contributed by atoms with van der Waals surface area (Å²) in [5.74, 6) is 1.13. The second kappa shape index (κ2) is 8.59. The highest BCUT2D eigenvalue weighted by molar-refractivity contribution is 6.04. The van der Waals surface area contributed by atoms with E-state index in [9.17, 15) is 4.79 Å². The van der Waals surface area contributed by atoms with E-state index >= 15 is 0 Å². The zero-order chi connectivity index (χ0) is 19.2. The normalized spacial score (nSPS) is 13.8. The fraction of sp³-hybridized carbons (Fsp3) is 0.368. The van der Waals surface area contributed by atoms with Crippen LogP contribution >= 0.6 is 0 Å². The van der Waals surface area contributed by atoms with Crippen LogP contribution < -0.4 is 24.4 Å². The highest BCUT2D eigenvalue weighted by atomic mass is 16.5. The summed E-state index contributed by atoms with van der Waals surface area (Å²) in [6, 6.07) is 5.18. The number of nitrogens with zero attached hydrogens (tertiary/aromatic N) is 2. The Bertz CT molecular complexity index is 781. The summed E-state index contributed by atoms with van der Waals surface area (Å²) in [5, 5.41) is 2.85. The molecule has 1 N–H and O–H groups in total. The first-order valence-corrected chi connectivity index (χ1v) is 8.55. The van der Waals surface area contributed by atoms with Crippen molar-refractivity contribution in [3.63, 3.8) is 0 Å². The molecule has 0 saturated carbocycles. The second-order valence-electron chi connectivity index (χ2n) is 5.90. The van der Waals surface area contributed by atoms with Crippen LogP contribution in [0.2, 0.25) is 0 Å². The Morgan fingerprint density at radius 3 is 2.30 bits per heavy atom. The van der Waals surface area contributed by atoms with Crippen LogP contribution in [0.4, 0.5) is 11.4 Å². The SMILES string of the molecule is COc1cc(NC(=O)c2cncc(N3CCOCC3)c2)cc(OC)c1OC. The number of benzene rings is 1. The molecule has 1 amide bonds. The number of ether oxygens (including phenoxy) is 4. The summed E-state index contributed by atoms with van der Waals surface area (Å²) >= 11 is 0. The lowest BCUT2D eigenvalue weighted by Crippen LogP contribution is -2.36. The van der Waals surface area contributed by atoms with Gasteiger partial charge >= 0.3 is 0 Å². The molecule has 1 fully saturated rings. The lowest BCUT2D eigenvalue weighted by atomic mass is 10.2. The summed E-state index contributed by atoms with van der Waals surface area (Å²) in [4.78, 5) is 19.0. The van der Waals surface area contributed by atoms with Crippen LogP contribution in [0.15, 0.2) is 30.6 Å². The summed E-state index contributed by atoms with van der Waals surface area (Å²) in [5.41, 5.74) is 1.90. The smallest absolute Gasteiger partial charge is 0.257 e. The largest absolute Gasteiger partial charge is 0.493 e. The quantitative estimate of drug-likeness (QED) is 0.831. The van der Waals surface area contributed by atoms with Gasteiger partial charge in [0.2, 0.25) is 5.75 Å². The maximum Gasteiger partial charge on any atom is 0.257 e. The Morgan fingerprint density at radius 1 is 1.04 bits per heavy atom. The van der Waals surface area contributed by atoms with Gasteiger partial charge in [0.15, 0.2) is 11.5 Å². The molecule has 3 rings (SSSR count). The van der Waals surface area contributed by atoms with Gasteiger partial charge in [-0.15, -0.1) is 0 Å². The summed E-state index contributed by atoms with van der Waals surface area (Å²) < 4.78 is 21.3. The first-order chi connectivity index (χ1) is 13.2. The third-order valence-electron chi connectivity index (χ3n) is 4.28. The maximum absolute atomic E-state index is 12.7. The number of hydrogen-bond acceptors (Lipinski definition) is 7. The van der Waals surface area contributed by atoms with E-state index in [1.165, 1.54) is 27.5 Å². The molecule has 0 aliphatic carbocycles. The first-order valence-electron chi connectivity index (χ1n) is 8.55. The molecule has 1 aliphatic heterocycles. The minimum absolute atomic E-state index is 0.271. The molecule has 0 unspecified atom stereocenters. The molecule has 1 aliphatic rings. The Hall–Kier alpha value is -3.00. The highest BCUT2D eigenvalue weighted by Crippen LogP contribution is 2.40. The molecular weight excluding hydrogens is 350 g/mol. The fourth-order valence-electron chi connectivity index (χ4n) is 2.90. The number of nitrogens with one attached hydrogen (secondary N) is 1. The highest BCUT2D eigenvalue weighted by Gasteiger charge is 2.17. The van der Waals surface area contributed by atoms with Gasteiger partial charge in [-0.25, -0.2) is 0 Å². The number of hydrogen-bond donors (Lipinski definition) is 1. The van der Waals surface area contributed by atoms with E-state index in [0.29, 0.717) is 41.7 Å².